The molecule has 0 spiro atoms. The molecule has 2 aromatic rings. The largest absolute Gasteiger partial charge is 0.480 e. The number of ether oxygens (including phenoxy) is 1. The van der Waals surface area contributed by atoms with Crippen LogP contribution in [0.15, 0.2) is 30.6 Å². The van der Waals surface area contributed by atoms with E-state index in [1.807, 2.05) is 0 Å². The first-order valence-corrected chi connectivity index (χ1v) is 6.03. The van der Waals surface area contributed by atoms with Crippen LogP contribution >= 0.6 is 11.6 Å². The highest BCUT2D eigenvalue weighted by molar-refractivity contribution is 6.30. The maximum Gasteiger partial charge on any atom is 0.312 e. The van der Waals surface area contributed by atoms with Crippen molar-refractivity contribution in [2.24, 2.45) is 0 Å². The van der Waals surface area contributed by atoms with Gasteiger partial charge in [-0.25, -0.2) is 4.98 Å². The molecule has 7 nitrogen and oxygen atoms in total. The fourth-order valence-electron chi connectivity index (χ4n) is 1.47. The van der Waals surface area contributed by atoms with Gasteiger partial charge >= 0.3 is 5.69 Å². The Hall–Kier alpha value is -2.41. The van der Waals surface area contributed by atoms with E-state index in [0.29, 0.717) is 11.5 Å². The minimum absolute atomic E-state index is 0.0828. The molecule has 0 amide bonds. The molecule has 1 heterocycles. The molecule has 0 unspecified atom stereocenters. The van der Waals surface area contributed by atoms with Crippen molar-refractivity contribution in [1.82, 2.24) is 9.97 Å². The molecule has 0 aliphatic heterocycles. The molecule has 0 atom stereocenters. The Kier molecular flexibility index (Phi) is 4.31. The van der Waals surface area contributed by atoms with Crippen molar-refractivity contribution < 1.29 is 9.66 Å². The second-order valence-corrected chi connectivity index (χ2v) is 4.24. The third kappa shape index (κ3) is 3.33. The smallest absolute Gasteiger partial charge is 0.312 e. The fourth-order valence-corrected chi connectivity index (χ4v) is 1.63. The van der Waals surface area contributed by atoms with Crippen LogP contribution in [0.4, 0.5) is 11.5 Å². The summed E-state index contributed by atoms with van der Waals surface area (Å²) in [7, 11) is 1.73. The van der Waals surface area contributed by atoms with Gasteiger partial charge < -0.3 is 10.1 Å². The number of halogens is 1. The Bertz CT molecular complexity index is 619. The van der Waals surface area contributed by atoms with Crippen LogP contribution in [0.2, 0.25) is 5.02 Å². The maximum atomic E-state index is 10.9. The van der Waals surface area contributed by atoms with E-state index < -0.39 is 4.92 Å². The summed E-state index contributed by atoms with van der Waals surface area (Å²) in [5.74, 6) is 0.769. The number of nitro groups is 1. The van der Waals surface area contributed by atoms with Crippen molar-refractivity contribution in [2.45, 2.75) is 6.61 Å². The molecule has 0 radical (unpaired) electrons. The summed E-state index contributed by atoms with van der Waals surface area (Å²) in [6.07, 6.45) is 3.09. The molecule has 0 saturated heterocycles. The van der Waals surface area contributed by atoms with Crippen molar-refractivity contribution in [3.63, 3.8) is 0 Å². The van der Waals surface area contributed by atoms with Crippen molar-refractivity contribution >= 4 is 23.1 Å². The first-order chi connectivity index (χ1) is 9.60. The molecule has 0 aliphatic rings. The van der Waals surface area contributed by atoms with E-state index in [2.05, 4.69) is 15.3 Å². The van der Waals surface area contributed by atoms with Gasteiger partial charge in [-0.1, -0.05) is 11.6 Å². The zero-order chi connectivity index (χ0) is 14.5. The van der Waals surface area contributed by atoms with Crippen LogP contribution in [0.3, 0.4) is 0 Å². The van der Waals surface area contributed by atoms with Crippen LogP contribution in [-0.2, 0) is 6.61 Å². The number of hydrogen-bond donors (Lipinski definition) is 1. The molecule has 1 aromatic heterocycles. The average molecular weight is 295 g/mol. The molecule has 1 aromatic carbocycles. The Labute approximate surface area is 119 Å². The van der Waals surface area contributed by atoms with Crippen LogP contribution in [0.1, 0.15) is 5.69 Å². The van der Waals surface area contributed by atoms with Gasteiger partial charge in [-0.3, -0.25) is 15.1 Å². The van der Waals surface area contributed by atoms with E-state index in [4.69, 9.17) is 16.3 Å². The zero-order valence-corrected chi connectivity index (χ0v) is 11.3. The van der Waals surface area contributed by atoms with Gasteiger partial charge in [0.15, 0.2) is 5.75 Å². The summed E-state index contributed by atoms with van der Waals surface area (Å²) in [6, 6.07) is 4.22. The van der Waals surface area contributed by atoms with E-state index in [0.717, 1.165) is 0 Å². The lowest BCUT2D eigenvalue weighted by molar-refractivity contribution is -0.385. The first kappa shape index (κ1) is 14.0. The topological polar surface area (TPSA) is 90.2 Å². The number of rotatable bonds is 5. The van der Waals surface area contributed by atoms with Gasteiger partial charge in [0.2, 0.25) is 0 Å². The number of benzene rings is 1. The Balaban J connectivity index is 2.12. The number of hydrogen-bond acceptors (Lipinski definition) is 6. The first-order valence-electron chi connectivity index (χ1n) is 5.65. The number of nitrogens with zero attached hydrogens (tertiary/aromatic N) is 3. The highest BCUT2D eigenvalue weighted by Gasteiger charge is 2.15. The Morgan fingerprint density at radius 1 is 1.40 bits per heavy atom. The Morgan fingerprint density at radius 3 is 2.80 bits per heavy atom. The third-order valence-electron chi connectivity index (χ3n) is 2.45. The lowest BCUT2D eigenvalue weighted by Crippen LogP contribution is -2.02. The van der Waals surface area contributed by atoms with Gasteiger partial charge in [-0.05, 0) is 12.1 Å². The summed E-state index contributed by atoms with van der Waals surface area (Å²) in [4.78, 5) is 18.5. The Morgan fingerprint density at radius 2 is 2.20 bits per heavy atom. The lowest BCUT2D eigenvalue weighted by atomic mass is 10.3. The van der Waals surface area contributed by atoms with Gasteiger partial charge in [0.1, 0.15) is 12.4 Å². The van der Waals surface area contributed by atoms with E-state index >= 15 is 0 Å². The molecular formula is C12H11ClN4O3. The number of aromatic nitrogens is 2. The molecule has 0 fully saturated rings. The molecule has 1 N–H and O–H groups in total. The number of nitro benzene ring substituents is 1. The third-order valence-corrected chi connectivity index (χ3v) is 2.69. The van der Waals surface area contributed by atoms with Crippen LogP contribution in [0, 0.1) is 10.1 Å². The van der Waals surface area contributed by atoms with E-state index in [1.54, 1.807) is 13.2 Å². The zero-order valence-electron chi connectivity index (χ0n) is 10.5. The van der Waals surface area contributed by atoms with Gasteiger partial charge in [-0.2, -0.15) is 0 Å². The average Bonchev–Trinajstić information content (AvgIpc) is 2.46. The van der Waals surface area contributed by atoms with Crippen molar-refractivity contribution in [3.8, 4) is 5.75 Å². The van der Waals surface area contributed by atoms with E-state index in [9.17, 15) is 10.1 Å². The van der Waals surface area contributed by atoms with Crippen LogP contribution < -0.4 is 10.1 Å². The summed E-state index contributed by atoms with van der Waals surface area (Å²) in [5, 5.41) is 14.0. The fraction of sp³-hybridized carbons (Fsp3) is 0.167. The molecule has 2 rings (SSSR count). The molecule has 20 heavy (non-hydrogen) atoms. The molecule has 104 valence electrons. The van der Waals surface area contributed by atoms with Gasteiger partial charge in [0.05, 0.1) is 23.0 Å². The summed E-state index contributed by atoms with van der Waals surface area (Å²) >= 11 is 5.72. The minimum Gasteiger partial charge on any atom is -0.480 e. The van der Waals surface area contributed by atoms with Crippen molar-refractivity contribution in [1.29, 1.82) is 0 Å². The van der Waals surface area contributed by atoms with Crippen LogP contribution in [-0.4, -0.2) is 21.9 Å². The van der Waals surface area contributed by atoms with Crippen LogP contribution in [0.25, 0.3) is 0 Å². The van der Waals surface area contributed by atoms with Crippen molar-refractivity contribution in [3.05, 3.63) is 51.4 Å². The second-order valence-electron chi connectivity index (χ2n) is 3.80. The monoisotopic (exact) mass is 294 g/mol. The van der Waals surface area contributed by atoms with E-state index in [-0.39, 0.29) is 23.1 Å². The molecular weight excluding hydrogens is 284 g/mol. The highest BCUT2D eigenvalue weighted by Crippen LogP contribution is 2.30. The number of nitrogens with one attached hydrogen (secondary N) is 1. The predicted octanol–water partition coefficient (Wildman–Crippen LogP) is 2.66. The summed E-state index contributed by atoms with van der Waals surface area (Å²) in [5.41, 5.74) is 0.380. The normalized spacial score (nSPS) is 10.1. The SMILES string of the molecule is CNc1cnc(COc2ccc(Cl)cc2[N+](=O)[O-])cn1. The maximum absolute atomic E-state index is 10.9. The lowest BCUT2D eigenvalue weighted by Gasteiger charge is -2.06. The van der Waals surface area contributed by atoms with Gasteiger partial charge in [-0.15, -0.1) is 0 Å². The summed E-state index contributed by atoms with van der Waals surface area (Å²) in [6.45, 7) is 0.0828. The second kappa shape index (κ2) is 6.16. The quantitative estimate of drug-likeness (QED) is 0.673. The molecule has 0 bridgehead atoms. The summed E-state index contributed by atoms with van der Waals surface area (Å²) < 4.78 is 5.39. The standard InChI is InChI=1S/C12H11ClN4O3/c1-14-12-6-15-9(5-16-12)7-20-11-3-2-8(13)4-10(11)17(18)19/h2-6H,7H2,1H3,(H,14,16). The molecule has 0 saturated carbocycles. The number of anilines is 1. The molecule has 0 aliphatic carbocycles. The van der Waals surface area contributed by atoms with Gasteiger partial charge in [0.25, 0.3) is 0 Å². The highest BCUT2D eigenvalue weighted by atomic mass is 35.5. The van der Waals surface area contributed by atoms with Crippen LogP contribution in [0.5, 0.6) is 5.75 Å². The van der Waals surface area contributed by atoms with Gasteiger partial charge in [0, 0.05) is 18.1 Å². The predicted molar refractivity (Wildman–Crippen MR) is 74.0 cm³/mol. The van der Waals surface area contributed by atoms with E-state index in [1.165, 1.54) is 24.4 Å². The van der Waals surface area contributed by atoms with Crippen molar-refractivity contribution in [2.75, 3.05) is 12.4 Å². The molecule has 8 heteroatoms. The minimum atomic E-state index is -0.545.